The Hall–Kier alpha value is -3.36. The third kappa shape index (κ3) is 4.76. The highest BCUT2D eigenvalue weighted by molar-refractivity contribution is 7.71. The molecule has 0 atom stereocenters. The SMILES string of the molecule is COc1ccccc1-c1n[nH]c(=S)n1NCc1ccc(OCc2c(F)cccc2Cl)cc1. The number of hydrogen-bond donors (Lipinski definition) is 2. The van der Waals surface area contributed by atoms with E-state index in [-0.39, 0.29) is 12.4 Å². The standard InChI is InChI=1S/C23H20ClFN4O2S/c1-30-21-8-3-2-5-17(21)22-27-28-23(32)29(22)26-13-15-9-11-16(12-10-15)31-14-18-19(24)6-4-7-20(18)25/h2-12,26H,13-14H2,1H3,(H,28,32). The van der Waals surface area contributed by atoms with Crippen LogP contribution in [0.1, 0.15) is 11.1 Å². The number of H-pyrrole nitrogens is 1. The summed E-state index contributed by atoms with van der Waals surface area (Å²) in [6, 6.07) is 19.6. The predicted octanol–water partition coefficient (Wildman–Crippen LogP) is 5.73. The Morgan fingerprint density at radius 3 is 2.62 bits per heavy atom. The van der Waals surface area contributed by atoms with Crippen LogP contribution in [0.25, 0.3) is 11.4 Å². The summed E-state index contributed by atoms with van der Waals surface area (Å²) < 4.78 is 27.2. The smallest absolute Gasteiger partial charge is 0.214 e. The second-order valence-electron chi connectivity index (χ2n) is 6.86. The average Bonchev–Trinajstić information content (AvgIpc) is 3.18. The quantitative estimate of drug-likeness (QED) is 0.322. The van der Waals surface area contributed by atoms with Crippen molar-refractivity contribution in [3.05, 3.63) is 93.5 Å². The first-order chi connectivity index (χ1) is 15.6. The van der Waals surface area contributed by atoms with Crippen molar-refractivity contribution in [1.29, 1.82) is 0 Å². The van der Waals surface area contributed by atoms with Crippen molar-refractivity contribution in [3.63, 3.8) is 0 Å². The van der Waals surface area contributed by atoms with Crippen LogP contribution in [0.15, 0.2) is 66.7 Å². The Bertz CT molecular complexity index is 1250. The summed E-state index contributed by atoms with van der Waals surface area (Å²) >= 11 is 11.4. The van der Waals surface area contributed by atoms with Crippen LogP contribution in [0.2, 0.25) is 5.02 Å². The number of methoxy groups -OCH3 is 1. The van der Waals surface area contributed by atoms with E-state index >= 15 is 0 Å². The molecule has 0 aliphatic heterocycles. The molecule has 0 aliphatic rings. The van der Waals surface area contributed by atoms with Gasteiger partial charge < -0.3 is 14.9 Å². The first kappa shape index (κ1) is 21.9. The molecule has 6 nitrogen and oxygen atoms in total. The molecule has 0 radical (unpaired) electrons. The molecule has 0 spiro atoms. The van der Waals surface area contributed by atoms with Crippen molar-refractivity contribution in [1.82, 2.24) is 14.9 Å². The van der Waals surface area contributed by atoms with Crippen LogP contribution >= 0.6 is 23.8 Å². The maximum Gasteiger partial charge on any atom is 0.214 e. The van der Waals surface area contributed by atoms with Crippen molar-refractivity contribution in [2.24, 2.45) is 0 Å². The molecule has 0 saturated heterocycles. The molecule has 9 heteroatoms. The molecule has 3 aromatic carbocycles. The largest absolute Gasteiger partial charge is 0.496 e. The summed E-state index contributed by atoms with van der Waals surface area (Å²) in [5, 5.41) is 7.48. The first-order valence-electron chi connectivity index (χ1n) is 9.76. The molecule has 0 bridgehead atoms. The minimum atomic E-state index is -0.388. The van der Waals surface area contributed by atoms with Crippen molar-refractivity contribution in [2.75, 3.05) is 12.5 Å². The summed E-state index contributed by atoms with van der Waals surface area (Å²) in [5.74, 6) is 1.54. The number of rotatable bonds is 8. The van der Waals surface area contributed by atoms with Gasteiger partial charge in [0.1, 0.15) is 23.9 Å². The predicted molar refractivity (Wildman–Crippen MR) is 125 cm³/mol. The maximum atomic E-state index is 13.9. The van der Waals surface area contributed by atoms with Gasteiger partial charge in [-0.25, -0.2) is 14.2 Å². The van der Waals surface area contributed by atoms with E-state index in [9.17, 15) is 4.39 Å². The molecule has 1 heterocycles. The lowest BCUT2D eigenvalue weighted by molar-refractivity contribution is 0.300. The van der Waals surface area contributed by atoms with E-state index in [1.54, 1.807) is 23.9 Å². The number of nitrogens with one attached hydrogen (secondary N) is 2. The number of hydrogen-bond acceptors (Lipinski definition) is 5. The molecule has 32 heavy (non-hydrogen) atoms. The van der Waals surface area contributed by atoms with Gasteiger partial charge in [0.2, 0.25) is 4.77 Å². The maximum absolute atomic E-state index is 13.9. The molecular weight excluding hydrogens is 451 g/mol. The van der Waals surface area contributed by atoms with Gasteiger partial charge in [-0.05, 0) is 54.2 Å². The number of halogens is 2. The highest BCUT2D eigenvalue weighted by Crippen LogP contribution is 2.27. The lowest BCUT2D eigenvalue weighted by atomic mass is 10.2. The van der Waals surface area contributed by atoms with E-state index in [2.05, 4.69) is 15.6 Å². The van der Waals surface area contributed by atoms with E-state index < -0.39 is 0 Å². The van der Waals surface area contributed by atoms with Crippen LogP contribution in [-0.4, -0.2) is 22.0 Å². The molecule has 0 fully saturated rings. The van der Waals surface area contributed by atoms with Gasteiger partial charge in [-0.2, -0.15) is 5.10 Å². The average molecular weight is 471 g/mol. The number of aromatic amines is 1. The normalized spacial score (nSPS) is 10.7. The van der Waals surface area contributed by atoms with Crippen molar-refractivity contribution in [3.8, 4) is 22.9 Å². The molecule has 0 amide bonds. The summed E-state index contributed by atoms with van der Waals surface area (Å²) in [6.07, 6.45) is 0. The van der Waals surface area contributed by atoms with Crippen LogP contribution in [0.5, 0.6) is 11.5 Å². The fourth-order valence-electron chi connectivity index (χ4n) is 3.15. The van der Waals surface area contributed by atoms with Gasteiger partial charge in [0.15, 0.2) is 5.82 Å². The van der Waals surface area contributed by atoms with Crippen molar-refractivity contribution < 1.29 is 13.9 Å². The van der Waals surface area contributed by atoms with Crippen LogP contribution < -0.4 is 14.9 Å². The zero-order chi connectivity index (χ0) is 22.5. The van der Waals surface area contributed by atoms with Crippen LogP contribution in [0.4, 0.5) is 4.39 Å². The molecular formula is C23H20ClFN4O2S. The highest BCUT2D eigenvalue weighted by Gasteiger charge is 2.13. The molecule has 0 aliphatic carbocycles. The van der Waals surface area contributed by atoms with E-state index in [1.807, 2.05) is 48.5 Å². The Labute approximate surface area is 194 Å². The number of ether oxygens (including phenoxy) is 2. The fourth-order valence-corrected chi connectivity index (χ4v) is 3.57. The van der Waals surface area contributed by atoms with E-state index in [4.69, 9.17) is 33.3 Å². The van der Waals surface area contributed by atoms with Gasteiger partial charge in [-0.3, -0.25) is 0 Å². The Morgan fingerprint density at radius 2 is 1.88 bits per heavy atom. The number of benzene rings is 3. The second kappa shape index (κ2) is 9.84. The Balaban J connectivity index is 1.43. The summed E-state index contributed by atoms with van der Waals surface area (Å²) in [5.41, 5.74) is 5.41. The first-order valence-corrected chi connectivity index (χ1v) is 10.5. The van der Waals surface area contributed by atoms with E-state index in [1.165, 1.54) is 6.07 Å². The molecule has 4 aromatic rings. The molecule has 164 valence electrons. The van der Waals surface area contributed by atoms with Crippen LogP contribution in [0, 0.1) is 10.6 Å². The molecule has 4 rings (SSSR count). The van der Waals surface area contributed by atoms with Crippen molar-refractivity contribution in [2.45, 2.75) is 13.2 Å². The highest BCUT2D eigenvalue weighted by atomic mass is 35.5. The molecule has 2 N–H and O–H groups in total. The zero-order valence-corrected chi connectivity index (χ0v) is 18.7. The lowest BCUT2D eigenvalue weighted by Gasteiger charge is -2.13. The number of aromatic nitrogens is 3. The van der Waals surface area contributed by atoms with E-state index in [0.717, 1.165) is 11.1 Å². The van der Waals surface area contributed by atoms with Gasteiger partial charge in [-0.1, -0.05) is 41.9 Å². The fraction of sp³-hybridized carbons (Fsp3) is 0.130. The molecule has 0 saturated carbocycles. The minimum absolute atomic E-state index is 0.0511. The van der Waals surface area contributed by atoms with Gasteiger partial charge in [0.25, 0.3) is 0 Å². The van der Waals surface area contributed by atoms with Gasteiger partial charge in [0, 0.05) is 5.56 Å². The topological polar surface area (TPSA) is 64.1 Å². The Kier molecular flexibility index (Phi) is 6.72. The number of para-hydroxylation sites is 1. The third-order valence-electron chi connectivity index (χ3n) is 4.83. The van der Waals surface area contributed by atoms with Gasteiger partial charge in [-0.15, -0.1) is 0 Å². The van der Waals surface area contributed by atoms with Crippen LogP contribution in [-0.2, 0) is 13.2 Å². The van der Waals surface area contributed by atoms with Gasteiger partial charge in [0.05, 0.1) is 24.2 Å². The van der Waals surface area contributed by atoms with Gasteiger partial charge >= 0.3 is 0 Å². The van der Waals surface area contributed by atoms with Crippen molar-refractivity contribution >= 4 is 23.8 Å². The summed E-state index contributed by atoms with van der Waals surface area (Å²) in [6.45, 7) is 0.547. The molecule has 1 aromatic heterocycles. The lowest BCUT2D eigenvalue weighted by Crippen LogP contribution is -2.16. The summed E-state index contributed by atoms with van der Waals surface area (Å²) in [7, 11) is 1.61. The minimum Gasteiger partial charge on any atom is -0.496 e. The van der Waals surface area contributed by atoms with E-state index in [0.29, 0.717) is 39.2 Å². The monoisotopic (exact) mass is 470 g/mol. The number of nitrogens with zero attached hydrogens (tertiary/aromatic N) is 2. The molecule has 0 unspecified atom stereocenters. The zero-order valence-electron chi connectivity index (χ0n) is 17.1. The Morgan fingerprint density at radius 1 is 1.09 bits per heavy atom. The third-order valence-corrected chi connectivity index (χ3v) is 5.46. The second-order valence-corrected chi connectivity index (χ2v) is 7.65. The van der Waals surface area contributed by atoms with Crippen LogP contribution in [0.3, 0.4) is 0 Å². The summed E-state index contributed by atoms with van der Waals surface area (Å²) in [4.78, 5) is 0.